The third-order valence-electron chi connectivity index (χ3n) is 5.52. The van der Waals surface area contributed by atoms with Gasteiger partial charge < -0.3 is 21.9 Å². The lowest BCUT2D eigenvalue weighted by Crippen LogP contribution is -2.31. The van der Waals surface area contributed by atoms with Gasteiger partial charge in [0.05, 0.1) is 12.6 Å². The van der Waals surface area contributed by atoms with Crippen molar-refractivity contribution >= 4 is 17.7 Å². The van der Waals surface area contributed by atoms with Crippen LogP contribution >= 0.6 is 0 Å². The number of carbonyl (C=O) groups is 3. The van der Waals surface area contributed by atoms with Crippen molar-refractivity contribution in [1.29, 1.82) is 0 Å². The third kappa shape index (κ3) is 6.28. The number of rotatable bonds is 11. The molecule has 176 valence electrons. The second-order valence-corrected chi connectivity index (χ2v) is 8.00. The van der Waals surface area contributed by atoms with Gasteiger partial charge in [-0.15, -0.1) is 0 Å². The highest BCUT2D eigenvalue weighted by molar-refractivity contribution is 5.93. The summed E-state index contributed by atoms with van der Waals surface area (Å²) in [5, 5.41) is 0. The molecule has 0 fully saturated rings. The Balaban J connectivity index is 2.04. The van der Waals surface area contributed by atoms with Crippen LogP contribution in [0.1, 0.15) is 53.8 Å². The van der Waals surface area contributed by atoms with E-state index in [2.05, 4.69) is 4.90 Å². The van der Waals surface area contributed by atoms with Crippen LogP contribution < -0.4 is 17.2 Å². The highest BCUT2D eigenvalue weighted by Crippen LogP contribution is 2.27. The van der Waals surface area contributed by atoms with Gasteiger partial charge in [0.25, 0.3) is 0 Å². The number of nitrogens with zero attached hydrogens (tertiary/aromatic N) is 1. The first-order valence-electron chi connectivity index (χ1n) is 10.7. The Morgan fingerprint density at radius 3 is 1.62 bits per heavy atom. The zero-order valence-electron chi connectivity index (χ0n) is 18.9. The molecule has 3 aromatic rings. The topological polar surface area (TPSA) is 142 Å². The number of primary amides is 3. The molecule has 0 aromatic heterocycles. The molecular formula is C26H28N4O4. The maximum atomic E-state index is 11.8. The summed E-state index contributed by atoms with van der Waals surface area (Å²) in [5.74, 6) is -1.54. The molecule has 0 saturated heterocycles. The fourth-order valence-electron chi connectivity index (χ4n) is 3.86. The first-order valence-corrected chi connectivity index (χ1v) is 10.7. The van der Waals surface area contributed by atoms with Gasteiger partial charge in [0.1, 0.15) is 0 Å². The highest BCUT2D eigenvalue weighted by Gasteiger charge is 2.23. The van der Waals surface area contributed by atoms with E-state index in [-0.39, 0.29) is 6.04 Å². The summed E-state index contributed by atoms with van der Waals surface area (Å²) >= 11 is 0. The minimum absolute atomic E-state index is 0.265. The van der Waals surface area contributed by atoms with Crippen molar-refractivity contribution in [2.24, 2.45) is 17.2 Å². The zero-order chi connectivity index (χ0) is 24.7. The summed E-state index contributed by atoms with van der Waals surface area (Å²) in [4.78, 5) is 37.3. The summed E-state index contributed by atoms with van der Waals surface area (Å²) in [5.41, 5.74) is 20.2. The van der Waals surface area contributed by atoms with Gasteiger partial charge in [-0.25, -0.2) is 0 Å². The van der Waals surface area contributed by atoms with Crippen LogP contribution in [0.2, 0.25) is 0 Å². The quantitative estimate of drug-likeness (QED) is 0.403. The molecule has 1 atom stereocenters. The molecule has 3 aromatic carbocycles. The van der Waals surface area contributed by atoms with E-state index in [0.717, 1.165) is 16.7 Å². The largest absolute Gasteiger partial charge is 0.383 e. The number of nitrogens with two attached hydrogens (primary N) is 3. The van der Waals surface area contributed by atoms with Crippen LogP contribution in [0.5, 0.6) is 0 Å². The molecule has 0 radical (unpaired) electrons. The Bertz CT molecular complexity index is 1140. The molecule has 6 N–H and O–H groups in total. The van der Waals surface area contributed by atoms with Crippen LogP contribution in [-0.4, -0.2) is 36.3 Å². The van der Waals surface area contributed by atoms with Gasteiger partial charge in [0.15, 0.2) is 0 Å². The second kappa shape index (κ2) is 11.2. The van der Waals surface area contributed by atoms with Gasteiger partial charge in [-0.05, 0) is 53.1 Å². The van der Waals surface area contributed by atoms with Gasteiger partial charge in [-0.2, -0.15) is 0 Å². The van der Waals surface area contributed by atoms with Crippen LogP contribution in [0.3, 0.4) is 0 Å². The molecule has 0 bridgehead atoms. The first kappa shape index (κ1) is 24.6. The molecule has 8 nitrogen and oxygen atoms in total. The Morgan fingerprint density at radius 2 is 1.18 bits per heavy atom. The Labute approximate surface area is 198 Å². The number of amides is 3. The normalized spacial score (nSPS) is 11.8. The van der Waals surface area contributed by atoms with E-state index in [9.17, 15) is 14.4 Å². The standard InChI is InChI=1S/C26H28N4O4/c1-34-16-23(19-7-4-10-22(13-19)26(29)33)30(14-17-5-2-8-20(11-17)24(27)31)15-18-6-3-9-21(12-18)25(28)32/h2-13,23H,14-16H2,1H3,(H2,27,31)(H2,28,32)(H2,29,33). The molecular weight excluding hydrogens is 432 g/mol. The molecule has 3 amide bonds. The van der Waals surface area contributed by atoms with Gasteiger partial charge in [-0.1, -0.05) is 36.4 Å². The van der Waals surface area contributed by atoms with Gasteiger partial charge >= 0.3 is 0 Å². The maximum absolute atomic E-state index is 11.8. The molecule has 0 heterocycles. The molecule has 0 aliphatic heterocycles. The minimum atomic E-state index is -0.520. The van der Waals surface area contributed by atoms with Crippen LogP contribution in [-0.2, 0) is 17.8 Å². The average Bonchev–Trinajstić information content (AvgIpc) is 2.82. The summed E-state index contributed by atoms with van der Waals surface area (Å²) < 4.78 is 5.53. The van der Waals surface area contributed by atoms with E-state index >= 15 is 0 Å². The van der Waals surface area contributed by atoms with Crippen molar-refractivity contribution < 1.29 is 19.1 Å². The number of benzene rings is 3. The van der Waals surface area contributed by atoms with E-state index in [0.29, 0.717) is 36.4 Å². The van der Waals surface area contributed by atoms with Crippen LogP contribution in [0.4, 0.5) is 0 Å². The lowest BCUT2D eigenvalue weighted by Gasteiger charge is -2.32. The SMILES string of the molecule is COCC(c1cccc(C(N)=O)c1)N(Cc1cccc(C(N)=O)c1)Cc1cccc(C(N)=O)c1. The van der Waals surface area contributed by atoms with Gasteiger partial charge in [0.2, 0.25) is 17.7 Å². The number of ether oxygens (including phenoxy) is 1. The van der Waals surface area contributed by atoms with E-state index in [1.807, 2.05) is 18.2 Å². The molecule has 0 aliphatic carbocycles. The van der Waals surface area contributed by atoms with Crippen molar-refractivity contribution in [3.63, 3.8) is 0 Å². The van der Waals surface area contributed by atoms with Crippen molar-refractivity contribution in [1.82, 2.24) is 4.90 Å². The van der Waals surface area contributed by atoms with E-state index in [1.54, 1.807) is 61.7 Å². The van der Waals surface area contributed by atoms with E-state index in [4.69, 9.17) is 21.9 Å². The fourth-order valence-corrected chi connectivity index (χ4v) is 3.86. The van der Waals surface area contributed by atoms with Crippen molar-refractivity contribution in [3.05, 3.63) is 106 Å². The number of hydrogen-bond acceptors (Lipinski definition) is 5. The predicted octanol–water partition coefficient (Wildman–Crippen LogP) is 2.37. The average molecular weight is 461 g/mol. The highest BCUT2D eigenvalue weighted by atomic mass is 16.5. The lowest BCUT2D eigenvalue weighted by molar-refractivity contribution is 0.0792. The Morgan fingerprint density at radius 1 is 0.735 bits per heavy atom. The van der Waals surface area contributed by atoms with Gasteiger partial charge in [-0.3, -0.25) is 19.3 Å². The first-order chi connectivity index (χ1) is 16.3. The van der Waals surface area contributed by atoms with Crippen molar-refractivity contribution in [3.8, 4) is 0 Å². The summed E-state index contributed by atoms with van der Waals surface area (Å²) in [6.45, 7) is 1.21. The van der Waals surface area contributed by atoms with Crippen LogP contribution in [0, 0.1) is 0 Å². The second-order valence-electron chi connectivity index (χ2n) is 8.00. The summed E-state index contributed by atoms with van der Waals surface area (Å²) in [7, 11) is 1.60. The fraction of sp³-hybridized carbons (Fsp3) is 0.192. The Hall–Kier alpha value is -4.01. The third-order valence-corrected chi connectivity index (χ3v) is 5.52. The molecule has 34 heavy (non-hydrogen) atoms. The smallest absolute Gasteiger partial charge is 0.248 e. The monoisotopic (exact) mass is 460 g/mol. The number of methoxy groups -OCH3 is 1. The van der Waals surface area contributed by atoms with Gasteiger partial charge in [0, 0.05) is 36.9 Å². The van der Waals surface area contributed by atoms with E-state index in [1.165, 1.54) is 0 Å². The maximum Gasteiger partial charge on any atom is 0.248 e. The Kier molecular flexibility index (Phi) is 8.13. The molecule has 0 spiro atoms. The van der Waals surface area contributed by atoms with E-state index < -0.39 is 17.7 Å². The van der Waals surface area contributed by atoms with Crippen molar-refractivity contribution in [2.75, 3.05) is 13.7 Å². The predicted molar refractivity (Wildman–Crippen MR) is 129 cm³/mol. The number of hydrogen-bond donors (Lipinski definition) is 3. The number of carbonyl (C=O) groups excluding carboxylic acids is 3. The van der Waals surface area contributed by atoms with Crippen LogP contribution in [0.15, 0.2) is 72.8 Å². The van der Waals surface area contributed by atoms with Crippen LogP contribution in [0.25, 0.3) is 0 Å². The minimum Gasteiger partial charge on any atom is -0.383 e. The molecule has 0 saturated carbocycles. The molecule has 1 unspecified atom stereocenters. The molecule has 8 heteroatoms. The molecule has 3 rings (SSSR count). The summed E-state index contributed by atoms with van der Waals surface area (Å²) in [6, 6.07) is 21.0. The summed E-state index contributed by atoms with van der Waals surface area (Å²) in [6.07, 6.45) is 0. The lowest BCUT2D eigenvalue weighted by atomic mass is 10.00. The van der Waals surface area contributed by atoms with Crippen molar-refractivity contribution in [2.45, 2.75) is 19.1 Å². The molecule has 0 aliphatic rings. The zero-order valence-corrected chi connectivity index (χ0v) is 18.9.